The fraction of sp³-hybridized carbons (Fsp3) is 0.222. The Balaban J connectivity index is 1.62. The van der Waals surface area contributed by atoms with Crippen molar-refractivity contribution in [2.75, 3.05) is 13.7 Å². The summed E-state index contributed by atoms with van der Waals surface area (Å²) in [5, 5.41) is 7.28. The van der Waals surface area contributed by atoms with Crippen LogP contribution < -0.4 is 20.2 Å². The first-order valence-electron chi connectivity index (χ1n) is 11.3. The molecule has 188 valence electrons. The Morgan fingerprint density at radius 1 is 1.00 bits per heavy atom. The molecule has 0 aliphatic carbocycles. The minimum absolute atomic E-state index is 0.199. The van der Waals surface area contributed by atoms with E-state index >= 15 is 0 Å². The van der Waals surface area contributed by atoms with Crippen LogP contribution in [0.4, 0.5) is 4.79 Å². The first-order valence-corrected chi connectivity index (χ1v) is 11.7. The van der Waals surface area contributed by atoms with Gasteiger partial charge in [-0.15, -0.1) is 0 Å². The zero-order chi connectivity index (χ0) is 25.8. The topological polar surface area (TPSA) is 98.2 Å². The van der Waals surface area contributed by atoms with Crippen molar-refractivity contribution >= 4 is 29.8 Å². The largest absolute Gasteiger partial charge is 0.493 e. The van der Waals surface area contributed by atoms with Crippen molar-refractivity contribution in [3.8, 4) is 11.5 Å². The normalized spacial score (nSPS) is 11.5. The van der Waals surface area contributed by atoms with Crippen molar-refractivity contribution in [1.82, 2.24) is 10.7 Å². The minimum atomic E-state index is -0.859. The molecule has 0 spiro atoms. The van der Waals surface area contributed by atoms with Crippen molar-refractivity contribution < 1.29 is 23.8 Å². The quantitative estimate of drug-likeness (QED) is 0.287. The summed E-state index contributed by atoms with van der Waals surface area (Å²) in [7, 11) is 1.54. The molecule has 8 nitrogen and oxygen atoms in total. The Bertz CT molecular complexity index is 1170. The van der Waals surface area contributed by atoms with Crippen molar-refractivity contribution in [2.45, 2.75) is 26.0 Å². The number of carbonyl (C=O) groups is 2. The first kappa shape index (κ1) is 26.6. The Hall–Kier alpha value is -4.04. The van der Waals surface area contributed by atoms with E-state index < -0.39 is 18.0 Å². The van der Waals surface area contributed by atoms with Crippen LogP contribution >= 0.6 is 11.6 Å². The van der Waals surface area contributed by atoms with Crippen LogP contribution in [0.2, 0.25) is 5.02 Å². The maximum Gasteiger partial charge on any atom is 0.407 e. The van der Waals surface area contributed by atoms with Crippen LogP contribution in [0, 0.1) is 0 Å². The molecule has 0 aliphatic heterocycles. The summed E-state index contributed by atoms with van der Waals surface area (Å²) in [6.45, 7) is 2.25. The Morgan fingerprint density at radius 2 is 1.75 bits per heavy atom. The lowest BCUT2D eigenvalue weighted by Crippen LogP contribution is -2.47. The summed E-state index contributed by atoms with van der Waals surface area (Å²) in [5.74, 6) is 0.610. The molecule has 0 heterocycles. The van der Waals surface area contributed by atoms with E-state index in [-0.39, 0.29) is 13.0 Å². The molecule has 2 amide bonds. The summed E-state index contributed by atoms with van der Waals surface area (Å²) < 4.78 is 16.2. The lowest BCUT2D eigenvalue weighted by molar-refractivity contribution is -0.123. The molecular weight excluding hydrogens is 482 g/mol. The van der Waals surface area contributed by atoms with Crippen LogP contribution in [-0.4, -0.2) is 38.0 Å². The molecule has 0 saturated carbocycles. The number of ether oxygens (including phenoxy) is 3. The van der Waals surface area contributed by atoms with Gasteiger partial charge < -0.3 is 19.5 Å². The molecular formula is C27H28ClN3O5. The molecule has 0 saturated heterocycles. The molecule has 0 unspecified atom stereocenters. The van der Waals surface area contributed by atoms with E-state index in [1.807, 2.05) is 42.5 Å². The van der Waals surface area contributed by atoms with Gasteiger partial charge >= 0.3 is 6.09 Å². The molecule has 0 aliphatic rings. The Morgan fingerprint density at radius 3 is 2.44 bits per heavy atom. The summed E-state index contributed by atoms with van der Waals surface area (Å²) >= 11 is 5.92. The molecule has 2 N–H and O–H groups in total. The maximum absolute atomic E-state index is 12.7. The van der Waals surface area contributed by atoms with E-state index in [1.54, 1.807) is 44.4 Å². The lowest BCUT2D eigenvalue weighted by atomic mass is 10.1. The van der Waals surface area contributed by atoms with Gasteiger partial charge in [-0.1, -0.05) is 54.1 Å². The number of nitrogens with zero attached hydrogens (tertiary/aromatic N) is 1. The summed E-state index contributed by atoms with van der Waals surface area (Å²) in [5.41, 5.74) is 5.02. The fourth-order valence-electron chi connectivity index (χ4n) is 3.25. The number of hydrazone groups is 1. The second kappa shape index (κ2) is 13.7. The molecule has 0 bridgehead atoms. The molecule has 3 aromatic rings. The molecule has 0 fully saturated rings. The smallest absolute Gasteiger partial charge is 0.407 e. The van der Waals surface area contributed by atoms with E-state index in [9.17, 15) is 9.59 Å². The standard InChI is InChI=1S/C27H28ClN3O5/c1-3-35-27(33)30-23(15-19-7-5-4-6-8-19)26(32)31-29-17-21-11-14-24(25(16-21)34-2)36-18-20-9-12-22(28)13-10-20/h4-14,16-17,23H,3,15,18H2,1-2H3,(H,30,33)(H,31,32)/b29-17-/t23-/m0/s1. The second-order valence-corrected chi connectivity index (χ2v) is 8.10. The molecule has 1 atom stereocenters. The van der Waals surface area contributed by atoms with Crippen LogP contribution in [0.5, 0.6) is 11.5 Å². The number of amides is 2. The van der Waals surface area contributed by atoms with Gasteiger partial charge in [0, 0.05) is 11.4 Å². The number of methoxy groups -OCH3 is 1. The van der Waals surface area contributed by atoms with E-state index in [1.165, 1.54) is 6.21 Å². The third-order valence-electron chi connectivity index (χ3n) is 5.05. The summed E-state index contributed by atoms with van der Waals surface area (Å²) in [4.78, 5) is 24.7. The predicted molar refractivity (Wildman–Crippen MR) is 139 cm³/mol. The zero-order valence-electron chi connectivity index (χ0n) is 20.1. The first-order chi connectivity index (χ1) is 17.5. The highest BCUT2D eigenvalue weighted by Gasteiger charge is 2.21. The highest BCUT2D eigenvalue weighted by atomic mass is 35.5. The SMILES string of the molecule is CCOC(=O)N[C@@H](Cc1ccccc1)C(=O)N/N=C\c1ccc(OCc2ccc(Cl)cc2)c(OC)c1. The molecule has 0 radical (unpaired) electrons. The van der Waals surface area contributed by atoms with Crippen LogP contribution in [0.25, 0.3) is 0 Å². The second-order valence-electron chi connectivity index (χ2n) is 7.67. The average Bonchev–Trinajstić information content (AvgIpc) is 2.89. The predicted octanol–water partition coefficient (Wildman–Crippen LogP) is 4.74. The maximum atomic E-state index is 12.7. The molecule has 36 heavy (non-hydrogen) atoms. The van der Waals surface area contributed by atoms with Gasteiger partial charge in [0.25, 0.3) is 5.91 Å². The van der Waals surface area contributed by atoms with Gasteiger partial charge in [0.1, 0.15) is 12.6 Å². The van der Waals surface area contributed by atoms with Crippen molar-refractivity contribution in [2.24, 2.45) is 5.10 Å². The number of alkyl carbamates (subject to hydrolysis) is 1. The Labute approximate surface area is 215 Å². The highest BCUT2D eigenvalue weighted by molar-refractivity contribution is 6.30. The van der Waals surface area contributed by atoms with Gasteiger partial charge in [-0.2, -0.15) is 5.10 Å². The van der Waals surface area contributed by atoms with Gasteiger partial charge in [0.05, 0.1) is 19.9 Å². The number of hydrogen-bond acceptors (Lipinski definition) is 6. The van der Waals surface area contributed by atoms with E-state index in [4.69, 9.17) is 25.8 Å². The average molecular weight is 510 g/mol. The highest BCUT2D eigenvalue weighted by Crippen LogP contribution is 2.28. The number of carbonyl (C=O) groups excluding carboxylic acids is 2. The van der Waals surface area contributed by atoms with Gasteiger partial charge in [-0.05, 0) is 53.9 Å². The molecule has 0 aromatic heterocycles. The van der Waals surface area contributed by atoms with Crippen LogP contribution in [0.3, 0.4) is 0 Å². The number of halogens is 1. The number of benzene rings is 3. The Kier molecular flexibility index (Phi) is 10.1. The number of nitrogens with one attached hydrogen (secondary N) is 2. The summed E-state index contributed by atoms with van der Waals surface area (Å²) in [6, 6.07) is 21.2. The van der Waals surface area contributed by atoms with E-state index in [2.05, 4.69) is 15.8 Å². The van der Waals surface area contributed by atoms with Gasteiger partial charge in [0.2, 0.25) is 0 Å². The van der Waals surface area contributed by atoms with Gasteiger partial charge in [0.15, 0.2) is 11.5 Å². The van der Waals surface area contributed by atoms with Crippen LogP contribution in [-0.2, 0) is 22.6 Å². The summed E-state index contributed by atoms with van der Waals surface area (Å²) in [6.07, 6.45) is 1.10. The van der Waals surface area contributed by atoms with Crippen molar-refractivity contribution in [1.29, 1.82) is 0 Å². The number of rotatable bonds is 11. The minimum Gasteiger partial charge on any atom is -0.493 e. The van der Waals surface area contributed by atoms with Gasteiger partial charge in [-0.25, -0.2) is 10.2 Å². The zero-order valence-corrected chi connectivity index (χ0v) is 20.8. The van der Waals surface area contributed by atoms with Crippen LogP contribution in [0.1, 0.15) is 23.6 Å². The van der Waals surface area contributed by atoms with Crippen LogP contribution in [0.15, 0.2) is 77.9 Å². The molecule has 9 heteroatoms. The number of hydrogen-bond donors (Lipinski definition) is 2. The fourth-order valence-corrected chi connectivity index (χ4v) is 3.37. The third-order valence-corrected chi connectivity index (χ3v) is 5.30. The third kappa shape index (κ3) is 8.32. The van der Waals surface area contributed by atoms with E-state index in [0.717, 1.165) is 11.1 Å². The van der Waals surface area contributed by atoms with Crippen molar-refractivity contribution in [3.05, 3.63) is 94.5 Å². The van der Waals surface area contributed by atoms with Crippen molar-refractivity contribution in [3.63, 3.8) is 0 Å². The lowest BCUT2D eigenvalue weighted by Gasteiger charge is -2.16. The molecule has 3 aromatic carbocycles. The van der Waals surface area contributed by atoms with E-state index in [0.29, 0.717) is 28.7 Å². The molecule has 3 rings (SSSR count). The van der Waals surface area contributed by atoms with Gasteiger partial charge in [-0.3, -0.25) is 4.79 Å². The monoisotopic (exact) mass is 509 g/mol.